The molecule has 0 aliphatic carbocycles. The molecule has 30 heavy (non-hydrogen) atoms. The number of hydrogen-bond donors (Lipinski definition) is 1. The number of nitrogens with zero attached hydrogens (tertiary/aromatic N) is 2. The summed E-state index contributed by atoms with van der Waals surface area (Å²) in [5.41, 5.74) is 0.197. The van der Waals surface area contributed by atoms with Crippen LogP contribution in [0.25, 0.3) is 0 Å². The first kappa shape index (κ1) is 23.4. The first-order valence-electron chi connectivity index (χ1n) is 9.92. The average Bonchev–Trinajstić information content (AvgIpc) is 3.39. The van der Waals surface area contributed by atoms with Crippen LogP contribution in [0.4, 0.5) is 13.2 Å². The number of likely N-dealkylation sites (tertiary alicyclic amines) is 1. The molecule has 1 aromatic rings. The van der Waals surface area contributed by atoms with E-state index in [1.165, 1.54) is 5.01 Å². The maximum Gasteiger partial charge on any atom is 0.490 e. The molecule has 0 spiro atoms. The van der Waals surface area contributed by atoms with E-state index in [4.69, 9.17) is 24.1 Å². The fourth-order valence-electron chi connectivity index (χ4n) is 4.13. The Hall–Kier alpha value is -1.27. The van der Waals surface area contributed by atoms with Gasteiger partial charge in [0.05, 0.1) is 26.4 Å². The summed E-state index contributed by atoms with van der Waals surface area (Å²) in [6.07, 6.45) is -0.904. The number of carboxylic acids is 1. The zero-order chi connectivity index (χ0) is 21.6. The van der Waals surface area contributed by atoms with Crippen molar-refractivity contribution < 1.29 is 37.3 Å². The Morgan fingerprint density at radius 1 is 1.37 bits per heavy atom. The number of carbonyl (C=O) groups is 1. The second-order valence-electron chi connectivity index (χ2n) is 8.04. The minimum atomic E-state index is -5.08. The molecule has 1 N–H and O–H groups in total. The Morgan fingerprint density at radius 2 is 2.10 bits per heavy atom. The highest BCUT2D eigenvalue weighted by molar-refractivity contribution is 7.09. The molecule has 0 radical (unpaired) electrons. The van der Waals surface area contributed by atoms with Crippen LogP contribution in [-0.4, -0.2) is 79.9 Å². The molecule has 3 aliphatic heterocycles. The van der Waals surface area contributed by atoms with Gasteiger partial charge in [0.25, 0.3) is 0 Å². The number of hydrogen-bond acceptors (Lipinski definition) is 7. The average molecular weight is 452 g/mol. The van der Waals surface area contributed by atoms with Crippen LogP contribution < -0.4 is 0 Å². The molecule has 11 heteroatoms. The molecule has 2 atom stereocenters. The van der Waals surface area contributed by atoms with Gasteiger partial charge < -0.3 is 19.3 Å². The van der Waals surface area contributed by atoms with Crippen molar-refractivity contribution in [1.29, 1.82) is 0 Å². The molecular formula is C19H27F3N2O5S. The Bertz CT molecular complexity index is 670. The summed E-state index contributed by atoms with van der Waals surface area (Å²) in [6.45, 7) is 8.39. The number of thiazole rings is 1. The van der Waals surface area contributed by atoms with E-state index >= 15 is 0 Å². The van der Waals surface area contributed by atoms with Gasteiger partial charge in [-0.05, 0) is 18.8 Å². The van der Waals surface area contributed by atoms with Gasteiger partial charge in [-0.15, -0.1) is 11.3 Å². The quantitative estimate of drug-likeness (QED) is 0.711. The molecule has 1 aromatic heterocycles. The summed E-state index contributed by atoms with van der Waals surface area (Å²) >= 11 is 1.75. The van der Waals surface area contributed by atoms with Crippen LogP contribution in [0.3, 0.4) is 0 Å². The SMILES string of the molecule is O=C(O)C(F)(F)F.c1csc(CN2C[C@@H]3COC[C@]3(COCC3CCOCC3)C2)n1. The predicted octanol–water partition coefficient (Wildman–Crippen LogP) is 2.67. The molecule has 0 saturated carbocycles. The largest absolute Gasteiger partial charge is 0.490 e. The van der Waals surface area contributed by atoms with Crippen molar-refractivity contribution in [2.45, 2.75) is 25.6 Å². The maximum atomic E-state index is 10.6. The van der Waals surface area contributed by atoms with Crippen molar-refractivity contribution in [1.82, 2.24) is 9.88 Å². The number of ether oxygens (including phenoxy) is 3. The van der Waals surface area contributed by atoms with Crippen LogP contribution in [0.5, 0.6) is 0 Å². The van der Waals surface area contributed by atoms with Crippen LogP contribution in [0.1, 0.15) is 17.8 Å². The summed E-state index contributed by atoms with van der Waals surface area (Å²) in [4.78, 5) is 15.8. The molecule has 3 aliphatic rings. The van der Waals surface area contributed by atoms with Crippen LogP contribution >= 0.6 is 11.3 Å². The minimum Gasteiger partial charge on any atom is -0.475 e. The van der Waals surface area contributed by atoms with Crippen molar-refractivity contribution in [3.05, 3.63) is 16.6 Å². The molecular weight excluding hydrogens is 425 g/mol. The molecule has 4 heterocycles. The van der Waals surface area contributed by atoms with Gasteiger partial charge in [0.15, 0.2) is 0 Å². The Balaban J connectivity index is 0.000000318. The molecule has 0 amide bonds. The normalized spacial score (nSPS) is 27.5. The second kappa shape index (κ2) is 10.4. The van der Waals surface area contributed by atoms with Crippen molar-refractivity contribution >= 4 is 17.3 Å². The van der Waals surface area contributed by atoms with Crippen molar-refractivity contribution in [2.75, 3.05) is 52.7 Å². The van der Waals surface area contributed by atoms with Gasteiger partial charge in [-0.2, -0.15) is 13.2 Å². The molecule has 0 aromatic carbocycles. The van der Waals surface area contributed by atoms with E-state index in [9.17, 15) is 13.2 Å². The molecule has 4 rings (SSSR count). The first-order chi connectivity index (χ1) is 14.3. The van der Waals surface area contributed by atoms with Crippen LogP contribution in [-0.2, 0) is 25.5 Å². The number of fused-ring (bicyclic) bond motifs is 1. The van der Waals surface area contributed by atoms with E-state index in [0.29, 0.717) is 11.8 Å². The van der Waals surface area contributed by atoms with E-state index < -0.39 is 12.1 Å². The molecule has 7 nitrogen and oxygen atoms in total. The van der Waals surface area contributed by atoms with Gasteiger partial charge in [-0.3, -0.25) is 4.90 Å². The van der Waals surface area contributed by atoms with Crippen LogP contribution in [0.2, 0.25) is 0 Å². The standard InChI is InChI=1S/C17H26N2O3S.C2HF3O2/c1-4-20-5-2-14(1)9-21-12-17-11-19(7-15(17)10-22-13-17)8-16-18-3-6-23-16;3-2(4,5)1(6)7/h3,6,14-15H,1-2,4-5,7-13H2;(H,6,7)/t15-,17-;/m1./s1. The van der Waals surface area contributed by atoms with Gasteiger partial charge in [-0.25, -0.2) is 9.78 Å². The number of rotatable bonds is 6. The van der Waals surface area contributed by atoms with E-state index in [1.54, 1.807) is 11.3 Å². The topological polar surface area (TPSA) is 81.1 Å². The summed E-state index contributed by atoms with van der Waals surface area (Å²) in [5.74, 6) is -1.47. The lowest BCUT2D eigenvalue weighted by Gasteiger charge is -2.29. The first-order valence-corrected chi connectivity index (χ1v) is 10.8. The zero-order valence-electron chi connectivity index (χ0n) is 16.6. The van der Waals surface area contributed by atoms with Gasteiger partial charge in [0.1, 0.15) is 5.01 Å². The molecule has 0 unspecified atom stereocenters. The highest BCUT2D eigenvalue weighted by Crippen LogP contribution is 2.42. The number of halogens is 3. The van der Waals surface area contributed by atoms with Crippen LogP contribution in [0.15, 0.2) is 11.6 Å². The molecule has 3 saturated heterocycles. The highest BCUT2D eigenvalue weighted by atomic mass is 32.1. The summed E-state index contributed by atoms with van der Waals surface area (Å²) in [5, 5.41) is 10.4. The lowest BCUT2D eigenvalue weighted by molar-refractivity contribution is -0.192. The van der Waals surface area contributed by atoms with E-state index in [0.717, 1.165) is 72.1 Å². The fraction of sp³-hybridized carbons (Fsp3) is 0.789. The lowest BCUT2D eigenvalue weighted by Crippen LogP contribution is -2.36. The Labute approximate surface area is 177 Å². The molecule has 170 valence electrons. The zero-order valence-corrected chi connectivity index (χ0v) is 17.4. The number of aliphatic carboxylic acids is 1. The smallest absolute Gasteiger partial charge is 0.475 e. The number of carboxylic acid groups (broad SMARTS) is 1. The van der Waals surface area contributed by atoms with Gasteiger partial charge in [0, 0.05) is 55.8 Å². The molecule has 0 bridgehead atoms. The number of alkyl halides is 3. The Morgan fingerprint density at radius 3 is 2.73 bits per heavy atom. The minimum absolute atomic E-state index is 0.197. The highest BCUT2D eigenvalue weighted by Gasteiger charge is 2.50. The van der Waals surface area contributed by atoms with Gasteiger partial charge >= 0.3 is 12.1 Å². The fourth-order valence-corrected chi connectivity index (χ4v) is 4.79. The second-order valence-corrected chi connectivity index (χ2v) is 9.02. The summed E-state index contributed by atoms with van der Waals surface area (Å²) < 4.78 is 49.1. The monoisotopic (exact) mass is 452 g/mol. The van der Waals surface area contributed by atoms with Gasteiger partial charge in [-0.1, -0.05) is 0 Å². The number of aromatic nitrogens is 1. The summed E-state index contributed by atoms with van der Waals surface area (Å²) in [7, 11) is 0. The van der Waals surface area contributed by atoms with Crippen molar-refractivity contribution in [3.63, 3.8) is 0 Å². The summed E-state index contributed by atoms with van der Waals surface area (Å²) in [6, 6.07) is 0. The third kappa shape index (κ3) is 6.36. The predicted molar refractivity (Wildman–Crippen MR) is 102 cm³/mol. The van der Waals surface area contributed by atoms with Crippen LogP contribution in [0, 0.1) is 17.3 Å². The third-order valence-corrected chi connectivity index (χ3v) is 6.52. The van der Waals surface area contributed by atoms with Gasteiger partial charge in [0.2, 0.25) is 0 Å². The molecule has 3 fully saturated rings. The maximum absolute atomic E-state index is 10.6. The van der Waals surface area contributed by atoms with Crippen molar-refractivity contribution in [3.8, 4) is 0 Å². The van der Waals surface area contributed by atoms with Crippen molar-refractivity contribution in [2.24, 2.45) is 17.3 Å². The van der Waals surface area contributed by atoms with E-state index in [-0.39, 0.29) is 5.41 Å². The lowest BCUT2D eigenvalue weighted by atomic mass is 9.82. The Kier molecular flexibility index (Phi) is 8.08. The van der Waals surface area contributed by atoms with E-state index in [1.807, 2.05) is 6.20 Å². The third-order valence-electron chi connectivity index (χ3n) is 5.76. The van der Waals surface area contributed by atoms with E-state index in [2.05, 4.69) is 15.3 Å².